The number of Topliss-reactive ketones (excluding diaryl/α,β-unsaturated/α-hetero) is 1. The molecule has 4 nitrogen and oxygen atoms in total. The summed E-state index contributed by atoms with van der Waals surface area (Å²) < 4.78 is 0.995. The third kappa shape index (κ3) is 3.43. The highest BCUT2D eigenvalue weighted by molar-refractivity contribution is 9.10. The van der Waals surface area contributed by atoms with Gasteiger partial charge in [0.05, 0.1) is 10.6 Å². The Bertz CT molecular complexity index is 718. The first-order valence-electron chi connectivity index (χ1n) is 6.40. The first-order valence-corrected chi connectivity index (χ1v) is 8.01. The minimum atomic E-state index is -0.0375. The predicted molar refractivity (Wildman–Crippen MR) is 89.5 cm³/mol. The number of hydrogen-bond donors (Lipinski definition) is 2. The van der Waals surface area contributed by atoms with Crippen molar-refractivity contribution in [2.45, 2.75) is 19.9 Å². The minimum Gasteiger partial charge on any atom is -0.396 e. The number of ketones is 1. The van der Waals surface area contributed by atoms with E-state index in [9.17, 15) is 10.1 Å². The van der Waals surface area contributed by atoms with E-state index in [0.717, 1.165) is 10.0 Å². The monoisotopic (exact) mass is 363 g/mol. The number of nitrogen functional groups attached to an aromatic ring is 1. The van der Waals surface area contributed by atoms with Gasteiger partial charge in [-0.3, -0.25) is 4.79 Å². The van der Waals surface area contributed by atoms with Gasteiger partial charge < -0.3 is 11.1 Å². The zero-order valence-corrected chi connectivity index (χ0v) is 13.8. The molecule has 0 spiro atoms. The molecule has 1 heterocycles. The maximum atomic E-state index is 11.8. The molecule has 2 aromatic rings. The normalized spacial score (nSPS) is 10.1. The molecule has 1 aromatic carbocycles. The Morgan fingerprint density at radius 1 is 1.52 bits per heavy atom. The van der Waals surface area contributed by atoms with Gasteiger partial charge in [0.25, 0.3) is 0 Å². The van der Waals surface area contributed by atoms with E-state index in [0.29, 0.717) is 28.4 Å². The summed E-state index contributed by atoms with van der Waals surface area (Å²) in [4.78, 5) is 12.3. The SMILES string of the molecule is CCC(=O)c1sc(NCc2cccc(Br)c2)c(C#N)c1N. The molecule has 3 N–H and O–H groups in total. The average Bonchev–Trinajstić information content (AvgIpc) is 2.80. The maximum absolute atomic E-state index is 11.8. The molecule has 1 aromatic heterocycles. The number of nitrogens with one attached hydrogen (secondary N) is 1. The lowest BCUT2D eigenvalue weighted by Gasteiger charge is -2.05. The molecule has 0 fully saturated rings. The molecule has 0 unspecified atom stereocenters. The molecule has 0 bridgehead atoms. The highest BCUT2D eigenvalue weighted by Crippen LogP contribution is 2.36. The average molecular weight is 364 g/mol. The van der Waals surface area contributed by atoms with Crippen LogP contribution in [0.1, 0.15) is 34.1 Å². The van der Waals surface area contributed by atoms with Gasteiger partial charge in [-0.05, 0) is 17.7 Å². The third-order valence-electron chi connectivity index (χ3n) is 2.97. The predicted octanol–water partition coefficient (Wildman–Crippen LogP) is 4.17. The van der Waals surface area contributed by atoms with E-state index in [1.54, 1.807) is 6.92 Å². The van der Waals surface area contributed by atoms with Gasteiger partial charge in [0.1, 0.15) is 16.6 Å². The number of anilines is 2. The first kappa shape index (κ1) is 15.5. The van der Waals surface area contributed by atoms with Crippen LogP contribution in [-0.2, 0) is 6.54 Å². The number of nitriles is 1. The Morgan fingerprint density at radius 2 is 2.29 bits per heavy atom. The third-order valence-corrected chi connectivity index (χ3v) is 4.67. The van der Waals surface area contributed by atoms with Crippen LogP contribution < -0.4 is 11.1 Å². The molecular formula is C15H14BrN3OS. The number of nitrogens with two attached hydrogens (primary N) is 1. The van der Waals surface area contributed by atoms with Gasteiger partial charge in [-0.2, -0.15) is 5.26 Å². The first-order chi connectivity index (χ1) is 10.1. The number of carbonyl (C=O) groups excluding carboxylic acids is 1. The summed E-state index contributed by atoms with van der Waals surface area (Å²) in [5, 5.41) is 13.1. The van der Waals surface area contributed by atoms with Crippen molar-refractivity contribution >= 4 is 43.7 Å². The largest absolute Gasteiger partial charge is 0.396 e. The highest BCUT2D eigenvalue weighted by Gasteiger charge is 2.19. The summed E-state index contributed by atoms with van der Waals surface area (Å²) in [6.07, 6.45) is 0.376. The van der Waals surface area contributed by atoms with E-state index in [1.807, 2.05) is 24.3 Å². The van der Waals surface area contributed by atoms with Gasteiger partial charge in [-0.15, -0.1) is 11.3 Å². The summed E-state index contributed by atoms with van der Waals surface area (Å²) >= 11 is 4.67. The van der Waals surface area contributed by atoms with E-state index in [4.69, 9.17) is 5.73 Å². The second-order valence-electron chi connectivity index (χ2n) is 4.42. The lowest BCUT2D eigenvalue weighted by atomic mass is 10.2. The molecule has 0 aliphatic heterocycles. The van der Waals surface area contributed by atoms with Crippen LogP contribution >= 0.6 is 27.3 Å². The highest BCUT2D eigenvalue weighted by atomic mass is 79.9. The summed E-state index contributed by atoms with van der Waals surface area (Å²) in [6.45, 7) is 2.34. The van der Waals surface area contributed by atoms with E-state index in [-0.39, 0.29) is 11.5 Å². The Morgan fingerprint density at radius 3 is 2.90 bits per heavy atom. The zero-order valence-electron chi connectivity index (χ0n) is 11.4. The van der Waals surface area contributed by atoms with Crippen molar-refractivity contribution in [3.8, 4) is 6.07 Å². The van der Waals surface area contributed by atoms with Gasteiger partial charge >= 0.3 is 0 Å². The van der Waals surface area contributed by atoms with Crippen molar-refractivity contribution in [3.63, 3.8) is 0 Å². The van der Waals surface area contributed by atoms with Crippen LogP contribution in [0.2, 0.25) is 0 Å². The molecule has 0 saturated carbocycles. The van der Waals surface area contributed by atoms with E-state index >= 15 is 0 Å². The summed E-state index contributed by atoms with van der Waals surface area (Å²) in [5.41, 5.74) is 7.61. The fraction of sp³-hybridized carbons (Fsp3) is 0.200. The van der Waals surface area contributed by atoms with E-state index in [1.165, 1.54) is 11.3 Å². The van der Waals surface area contributed by atoms with Crippen molar-refractivity contribution in [3.05, 3.63) is 44.7 Å². The maximum Gasteiger partial charge on any atom is 0.174 e. The number of benzene rings is 1. The molecule has 0 amide bonds. The Hall–Kier alpha value is -1.84. The number of hydrogen-bond acceptors (Lipinski definition) is 5. The van der Waals surface area contributed by atoms with Crippen molar-refractivity contribution in [2.24, 2.45) is 0 Å². The zero-order chi connectivity index (χ0) is 15.4. The van der Waals surface area contributed by atoms with Gasteiger partial charge in [0, 0.05) is 17.4 Å². The topological polar surface area (TPSA) is 78.9 Å². The number of thiophene rings is 1. The van der Waals surface area contributed by atoms with Crippen molar-refractivity contribution in [1.82, 2.24) is 0 Å². The van der Waals surface area contributed by atoms with Crippen LogP contribution in [0.4, 0.5) is 10.7 Å². The molecule has 0 saturated heterocycles. The van der Waals surface area contributed by atoms with Crippen LogP contribution in [0.5, 0.6) is 0 Å². The van der Waals surface area contributed by atoms with Crippen molar-refractivity contribution < 1.29 is 4.79 Å². The molecule has 0 radical (unpaired) electrons. The number of nitrogens with zero attached hydrogens (tertiary/aromatic N) is 1. The molecule has 108 valence electrons. The Balaban J connectivity index is 2.24. The van der Waals surface area contributed by atoms with Gasteiger partial charge in [-0.25, -0.2) is 0 Å². The van der Waals surface area contributed by atoms with Gasteiger partial charge in [-0.1, -0.05) is 35.0 Å². The number of rotatable bonds is 5. The molecular weight excluding hydrogens is 350 g/mol. The van der Waals surface area contributed by atoms with E-state index in [2.05, 4.69) is 27.3 Å². The Labute approximate surface area is 135 Å². The lowest BCUT2D eigenvalue weighted by Crippen LogP contribution is -2.00. The van der Waals surface area contributed by atoms with Crippen LogP contribution in [0, 0.1) is 11.3 Å². The standard InChI is InChI=1S/C15H14BrN3OS/c1-2-12(20)14-13(18)11(7-17)15(21-14)19-8-9-4-3-5-10(16)6-9/h3-6,19H,2,8,18H2,1H3. The van der Waals surface area contributed by atoms with Crippen LogP contribution in [0.15, 0.2) is 28.7 Å². The van der Waals surface area contributed by atoms with E-state index < -0.39 is 0 Å². The molecule has 0 aliphatic rings. The molecule has 0 aliphatic carbocycles. The van der Waals surface area contributed by atoms with Gasteiger partial charge in [0.2, 0.25) is 0 Å². The molecule has 2 rings (SSSR count). The second kappa shape index (κ2) is 6.74. The molecule has 21 heavy (non-hydrogen) atoms. The summed E-state index contributed by atoms with van der Waals surface area (Å²) in [5.74, 6) is -0.0375. The van der Waals surface area contributed by atoms with Crippen molar-refractivity contribution in [2.75, 3.05) is 11.1 Å². The van der Waals surface area contributed by atoms with Crippen LogP contribution in [0.3, 0.4) is 0 Å². The van der Waals surface area contributed by atoms with Gasteiger partial charge in [0.15, 0.2) is 5.78 Å². The van der Waals surface area contributed by atoms with Crippen LogP contribution in [0.25, 0.3) is 0 Å². The second-order valence-corrected chi connectivity index (χ2v) is 6.36. The van der Waals surface area contributed by atoms with Crippen molar-refractivity contribution in [1.29, 1.82) is 5.26 Å². The minimum absolute atomic E-state index is 0.0375. The Kier molecular flexibility index (Phi) is 4.99. The number of carbonyl (C=O) groups is 1. The molecule has 6 heteroatoms. The smallest absolute Gasteiger partial charge is 0.174 e. The number of halogens is 1. The molecule has 0 atom stereocenters. The fourth-order valence-corrected chi connectivity index (χ4v) is 3.40. The van der Waals surface area contributed by atoms with Crippen LogP contribution in [-0.4, -0.2) is 5.78 Å². The summed E-state index contributed by atoms with van der Waals surface area (Å²) in [7, 11) is 0. The summed E-state index contributed by atoms with van der Waals surface area (Å²) in [6, 6.07) is 9.95. The lowest BCUT2D eigenvalue weighted by molar-refractivity contribution is 0.0993. The quantitative estimate of drug-likeness (QED) is 0.781. The fourth-order valence-electron chi connectivity index (χ4n) is 1.88.